The van der Waals surface area contributed by atoms with Crippen LogP contribution >= 0.6 is 0 Å². The molecular weight excluding hydrogens is 460 g/mol. The fraction of sp³-hybridized carbons (Fsp3) is 0.667. The molecule has 1 aromatic carbocycles. The number of carbonyl (C=O) groups is 3. The summed E-state index contributed by atoms with van der Waals surface area (Å²) >= 11 is 0. The molecule has 0 bridgehead atoms. The molecule has 9 nitrogen and oxygen atoms in total. The molecule has 3 aliphatic heterocycles. The van der Waals surface area contributed by atoms with Crippen LogP contribution in [0.3, 0.4) is 0 Å². The summed E-state index contributed by atoms with van der Waals surface area (Å²) in [5.74, 6) is -0.0237. The Hall–Kier alpha value is -2.33. The number of methoxy groups -OCH3 is 1. The van der Waals surface area contributed by atoms with Gasteiger partial charge in [-0.1, -0.05) is 26.0 Å². The molecule has 0 aliphatic carbocycles. The molecule has 0 aromatic heterocycles. The minimum Gasteiger partial charge on any atom is -0.383 e. The summed E-state index contributed by atoms with van der Waals surface area (Å²) in [4.78, 5) is 42.9. The van der Waals surface area contributed by atoms with E-state index >= 15 is 0 Å². The third kappa shape index (κ3) is 5.96. The number of Topliss-reactive ketones (excluding diaryl/α,β-unsaturated/α-hetero) is 1. The number of fused-ring (bicyclic) bond motifs is 1. The number of rotatable bonds is 9. The SMILES string of the molecule is COCCN1CCC(c2ccc(C(=O)NC(CC(C)C)C(=O)N3C[C@H](N)[C@H]4OCC(=O)[C@H]43)cc2)CC1. The average molecular weight is 501 g/mol. The lowest BCUT2D eigenvalue weighted by Gasteiger charge is -2.32. The van der Waals surface area contributed by atoms with Gasteiger partial charge in [0.15, 0.2) is 5.78 Å². The van der Waals surface area contributed by atoms with Crippen molar-refractivity contribution in [2.75, 3.05) is 46.5 Å². The van der Waals surface area contributed by atoms with E-state index < -0.39 is 24.2 Å². The van der Waals surface area contributed by atoms with E-state index in [9.17, 15) is 14.4 Å². The molecule has 4 atom stereocenters. The molecule has 0 saturated carbocycles. The van der Waals surface area contributed by atoms with Gasteiger partial charge in [-0.25, -0.2) is 0 Å². The van der Waals surface area contributed by atoms with Gasteiger partial charge in [0.1, 0.15) is 24.8 Å². The summed E-state index contributed by atoms with van der Waals surface area (Å²) in [5.41, 5.74) is 7.90. The molecule has 198 valence electrons. The van der Waals surface area contributed by atoms with Crippen molar-refractivity contribution in [3.05, 3.63) is 35.4 Å². The number of nitrogens with two attached hydrogens (primary N) is 1. The van der Waals surface area contributed by atoms with E-state index in [0.29, 0.717) is 17.9 Å². The second-order valence-electron chi connectivity index (χ2n) is 10.7. The Labute approximate surface area is 213 Å². The molecule has 0 spiro atoms. The quantitative estimate of drug-likeness (QED) is 0.523. The van der Waals surface area contributed by atoms with E-state index in [4.69, 9.17) is 15.2 Å². The van der Waals surface area contributed by atoms with Crippen molar-refractivity contribution < 1.29 is 23.9 Å². The lowest BCUT2D eigenvalue weighted by Crippen LogP contribution is -2.52. The van der Waals surface area contributed by atoms with Crippen LogP contribution in [0.5, 0.6) is 0 Å². The first-order valence-electron chi connectivity index (χ1n) is 13.1. The van der Waals surface area contributed by atoms with Crippen molar-refractivity contribution in [2.45, 2.75) is 63.3 Å². The van der Waals surface area contributed by atoms with Gasteiger partial charge in [-0.15, -0.1) is 0 Å². The van der Waals surface area contributed by atoms with E-state index in [1.165, 1.54) is 10.5 Å². The maximum absolute atomic E-state index is 13.5. The molecular formula is C27H40N4O5. The summed E-state index contributed by atoms with van der Waals surface area (Å²) in [6.07, 6.45) is 2.19. The Balaban J connectivity index is 1.38. The molecule has 3 saturated heterocycles. The number of piperidine rings is 1. The molecule has 3 fully saturated rings. The second kappa shape index (κ2) is 11.8. The summed E-state index contributed by atoms with van der Waals surface area (Å²) < 4.78 is 10.7. The predicted octanol–water partition coefficient (Wildman–Crippen LogP) is 1.16. The number of amides is 2. The molecule has 4 rings (SSSR count). The van der Waals surface area contributed by atoms with Crippen LogP contribution in [0.25, 0.3) is 0 Å². The Morgan fingerprint density at radius 1 is 1.19 bits per heavy atom. The van der Waals surface area contributed by atoms with Crippen LogP contribution in [-0.4, -0.2) is 98.1 Å². The Morgan fingerprint density at radius 3 is 2.53 bits per heavy atom. The number of hydrogen-bond donors (Lipinski definition) is 2. The minimum absolute atomic E-state index is 0.0213. The van der Waals surface area contributed by atoms with Gasteiger partial charge < -0.3 is 30.3 Å². The fourth-order valence-electron chi connectivity index (χ4n) is 5.67. The standard InChI is InChI=1S/C27H40N4O5/c1-17(2)14-22(27(34)31-15-21(28)25-24(31)23(32)16-36-25)29-26(33)20-6-4-18(5-7-20)19-8-10-30(11-9-19)12-13-35-3/h4-7,17,19,21-22,24-25H,8-16,28H2,1-3H3,(H,29,33)/t21-,22?,24+,25+/m0/s1. The van der Waals surface area contributed by atoms with Crippen LogP contribution in [0.4, 0.5) is 0 Å². The van der Waals surface area contributed by atoms with Gasteiger partial charge in [0.25, 0.3) is 5.91 Å². The lowest BCUT2D eigenvalue weighted by atomic mass is 9.89. The average Bonchev–Trinajstić information content (AvgIpc) is 3.42. The molecule has 1 unspecified atom stereocenters. The summed E-state index contributed by atoms with van der Waals surface area (Å²) in [5, 5.41) is 2.93. The van der Waals surface area contributed by atoms with Crippen LogP contribution in [0, 0.1) is 5.92 Å². The van der Waals surface area contributed by atoms with Crippen LogP contribution in [0.2, 0.25) is 0 Å². The maximum atomic E-state index is 13.5. The Bertz CT molecular complexity index is 929. The van der Waals surface area contributed by atoms with Gasteiger partial charge in [-0.2, -0.15) is 0 Å². The second-order valence-corrected chi connectivity index (χ2v) is 10.7. The zero-order chi connectivity index (χ0) is 25.8. The molecule has 0 radical (unpaired) electrons. The highest BCUT2D eigenvalue weighted by molar-refractivity contribution is 5.99. The molecule has 36 heavy (non-hydrogen) atoms. The molecule has 9 heteroatoms. The van der Waals surface area contributed by atoms with Gasteiger partial charge in [-0.05, 0) is 61.9 Å². The lowest BCUT2D eigenvalue weighted by molar-refractivity contribution is -0.138. The van der Waals surface area contributed by atoms with Crippen LogP contribution in [0.1, 0.15) is 54.9 Å². The van der Waals surface area contributed by atoms with Gasteiger partial charge in [0, 0.05) is 25.8 Å². The molecule has 1 aromatic rings. The first-order valence-corrected chi connectivity index (χ1v) is 13.1. The first-order chi connectivity index (χ1) is 17.3. The minimum atomic E-state index is -0.729. The van der Waals surface area contributed by atoms with Gasteiger partial charge in [-0.3, -0.25) is 14.4 Å². The number of carbonyl (C=O) groups excluding carboxylic acids is 3. The van der Waals surface area contributed by atoms with Crippen molar-refractivity contribution in [3.63, 3.8) is 0 Å². The number of nitrogens with zero attached hydrogens (tertiary/aromatic N) is 2. The van der Waals surface area contributed by atoms with E-state index in [2.05, 4.69) is 10.2 Å². The van der Waals surface area contributed by atoms with Crippen molar-refractivity contribution in [3.8, 4) is 0 Å². The van der Waals surface area contributed by atoms with Crippen LogP contribution in [0.15, 0.2) is 24.3 Å². The first kappa shape index (κ1) is 26.7. The number of ketones is 1. The highest BCUT2D eigenvalue weighted by Crippen LogP contribution is 2.29. The van der Waals surface area contributed by atoms with Crippen LogP contribution < -0.4 is 11.1 Å². The molecule has 2 amide bonds. The predicted molar refractivity (Wildman–Crippen MR) is 136 cm³/mol. The number of benzene rings is 1. The molecule has 3 N–H and O–H groups in total. The zero-order valence-electron chi connectivity index (χ0n) is 21.7. The van der Waals surface area contributed by atoms with Crippen molar-refractivity contribution >= 4 is 17.6 Å². The molecule has 3 aliphatic rings. The van der Waals surface area contributed by atoms with E-state index in [1.807, 2.05) is 38.1 Å². The normalized spacial score (nSPS) is 25.9. The zero-order valence-corrected chi connectivity index (χ0v) is 21.7. The number of nitrogens with one attached hydrogen (secondary N) is 1. The van der Waals surface area contributed by atoms with Crippen molar-refractivity contribution in [2.24, 2.45) is 11.7 Å². The topological polar surface area (TPSA) is 114 Å². The van der Waals surface area contributed by atoms with Gasteiger partial charge in [0.2, 0.25) is 5.91 Å². The largest absolute Gasteiger partial charge is 0.383 e. The van der Waals surface area contributed by atoms with Crippen molar-refractivity contribution in [1.29, 1.82) is 0 Å². The maximum Gasteiger partial charge on any atom is 0.251 e. The third-order valence-corrected chi connectivity index (χ3v) is 7.66. The fourth-order valence-corrected chi connectivity index (χ4v) is 5.67. The third-order valence-electron chi connectivity index (χ3n) is 7.66. The number of hydrogen-bond acceptors (Lipinski definition) is 7. The van der Waals surface area contributed by atoms with Gasteiger partial charge >= 0.3 is 0 Å². The smallest absolute Gasteiger partial charge is 0.251 e. The Kier molecular flexibility index (Phi) is 8.77. The molecule has 3 heterocycles. The summed E-state index contributed by atoms with van der Waals surface area (Å²) in [7, 11) is 1.73. The van der Waals surface area contributed by atoms with Crippen molar-refractivity contribution in [1.82, 2.24) is 15.1 Å². The van der Waals surface area contributed by atoms with Crippen LogP contribution in [-0.2, 0) is 19.1 Å². The number of ether oxygens (including phenoxy) is 2. The summed E-state index contributed by atoms with van der Waals surface area (Å²) in [6.45, 7) is 8.05. The van der Waals surface area contributed by atoms with E-state index in [1.54, 1.807) is 7.11 Å². The van der Waals surface area contributed by atoms with E-state index in [0.717, 1.165) is 39.1 Å². The Morgan fingerprint density at radius 2 is 1.89 bits per heavy atom. The monoisotopic (exact) mass is 500 g/mol. The van der Waals surface area contributed by atoms with Gasteiger partial charge in [0.05, 0.1) is 12.6 Å². The van der Waals surface area contributed by atoms with E-state index in [-0.39, 0.29) is 36.7 Å². The summed E-state index contributed by atoms with van der Waals surface area (Å²) in [6, 6.07) is 5.96. The highest BCUT2D eigenvalue weighted by Gasteiger charge is 2.52. The highest BCUT2D eigenvalue weighted by atomic mass is 16.5. The number of likely N-dealkylation sites (tertiary alicyclic amines) is 2.